The van der Waals surface area contributed by atoms with Crippen LogP contribution < -0.4 is 0 Å². The van der Waals surface area contributed by atoms with Gasteiger partial charge in [0.25, 0.3) is 0 Å². The summed E-state index contributed by atoms with van der Waals surface area (Å²) in [5.41, 5.74) is -0.137. The zero-order valence-corrected chi connectivity index (χ0v) is 21.9. The highest BCUT2D eigenvalue weighted by atomic mass is 16.5. The molecule has 0 amide bonds. The molecule has 10 atom stereocenters. The summed E-state index contributed by atoms with van der Waals surface area (Å²) < 4.78 is 11.9. The molecule has 35 heavy (non-hydrogen) atoms. The van der Waals surface area contributed by atoms with Crippen LogP contribution in [0.1, 0.15) is 72.6 Å². The van der Waals surface area contributed by atoms with Crippen molar-refractivity contribution in [1.29, 1.82) is 0 Å². The zero-order valence-electron chi connectivity index (χ0n) is 21.9. The molecule has 0 aromatic carbocycles. The Hall–Kier alpha value is -1.50. The minimum atomic E-state index is -0.844. The van der Waals surface area contributed by atoms with Crippen molar-refractivity contribution in [3.63, 3.8) is 0 Å². The van der Waals surface area contributed by atoms with E-state index in [2.05, 4.69) is 20.8 Å². The predicted octanol–water partition coefficient (Wildman–Crippen LogP) is 3.99. The van der Waals surface area contributed by atoms with Gasteiger partial charge in [-0.1, -0.05) is 25.5 Å². The second kappa shape index (κ2) is 8.53. The molecule has 0 spiro atoms. The summed E-state index contributed by atoms with van der Waals surface area (Å²) in [5.74, 6) is 1.25. The molecule has 6 nitrogen and oxygen atoms in total. The van der Waals surface area contributed by atoms with E-state index in [0.717, 1.165) is 31.3 Å². The number of hydrogen-bond acceptors (Lipinski definition) is 6. The number of ketones is 1. The molecular weight excluding hydrogens is 444 g/mol. The second-order valence-corrected chi connectivity index (χ2v) is 12.5. The van der Waals surface area contributed by atoms with Crippen molar-refractivity contribution in [2.24, 2.45) is 40.4 Å². The topological polar surface area (TPSA) is 93.1 Å². The number of fused-ring (bicyclic) bond motifs is 5. The normalized spacial score (nSPS) is 48.2. The van der Waals surface area contributed by atoms with Crippen molar-refractivity contribution in [3.8, 4) is 0 Å². The Bertz CT molecular complexity index is 968. The van der Waals surface area contributed by atoms with Gasteiger partial charge in [-0.05, 0) is 93.5 Å². The highest BCUT2D eigenvalue weighted by Crippen LogP contribution is 2.68. The molecule has 0 bridgehead atoms. The smallest absolute Gasteiger partial charge is 0.336 e. The lowest BCUT2D eigenvalue weighted by Gasteiger charge is -2.64. The van der Waals surface area contributed by atoms with Crippen LogP contribution in [0.2, 0.25) is 0 Å². The number of esters is 1. The van der Waals surface area contributed by atoms with E-state index in [9.17, 15) is 19.8 Å². The summed E-state index contributed by atoms with van der Waals surface area (Å²) in [4.78, 5) is 25.9. The summed E-state index contributed by atoms with van der Waals surface area (Å²) in [6, 6.07) is 0. The Balaban J connectivity index is 1.43. The number of hydrogen-bond donors (Lipinski definition) is 2. The maximum Gasteiger partial charge on any atom is 0.336 e. The first-order valence-electron chi connectivity index (χ1n) is 13.5. The third-order valence-electron chi connectivity index (χ3n) is 11.6. The van der Waals surface area contributed by atoms with Crippen molar-refractivity contribution < 1.29 is 29.3 Å². The summed E-state index contributed by atoms with van der Waals surface area (Å²) in [6.07, 6.45) is 8.83. The van der Waals surface area contributed by atoms with E-state index in [1.54, 1.807) is 13.2 Å². The van der Waals surface area contributed by atoms with Gasteiger partial charge in [-0.15, -0.1) is 0 Å². The van der Waals surface area contributed by atoms with Gasteiger partial charge in [0.2, 0.25) is 0 Å². The number of aliphatic hydroxyl groups is 2. The molecule has 194 valence electrons. The molecule has 3 fully saturated rings. The van der Waals surface area contributed by atoms with Crippen molar-refractivity contribution in [3.05, 3.63) is 23.3 Å². The third-order valence-corrected chi connectivity index (χ3v) is 11.6. The number of methoxy groups -OCH3 is 1. The van der Waals surface area contributed by atoms with Gasteiger partial charge >= 0.3 is 5.97 Å². The minimum Gasteiger partial charge on any atom is -0.458 e. The van der Waals surface area contributed by atoms with Crippen molar-refractivity contribution in [1.82, 2.24) is 0 Å². The fraction of sp³-hybridized carbons (Fsp3) is 0.793. The van der Waals surface area contributed by atoms with Crippen LogP contribution in [0.3, 0.4) is 0 Å². The highest BCUT2D eigenvalue weighted by Gasteiger charge is 2.69. The van der Waals surface area contributed by atoms with Crippen molar-refractivity contribution in [2.75, 3.05) is 13.7 Å². The van der Waals surface area contributed by atoms with Gasteiger partial charge in [0.05, 0.1) is 23.7 Å². The van der Waals surface area contributed by atoms with Gasteiger partial charge in [-0.2, -0.15) is 0 Å². The van der Waals surface area contributed by atoms with Gasteiger partial charge in [-0.25, -0.2) is 4.79 Å². The first-order chi connectivity index (χ1) is 16.5. The molecular formula is C29H42O6. The van der Waals surface area contributed by atoms with Crippen LogP contribution in [0.4, 0.5) is 0 Å². The van der Waals surface area contributed by atoms with Crippen LogP contribution in [0.25, 0.3) is 0 Å². The van der Waals surface area contributed by atoms with E-state index in [0.29, 0.717) is 36.7 Å². The lowest BCUT2D eigenvalue weighted by molar-refractivity contribution is -0.242. The largest absolute Gasteiger partial charge is 0.458 e. The minimum absolute atomic E-state index is 0.0819. The number of aliphatic hydroxyl groups excluding tert-OH is 2. The molecule has 0 aromatic heterocycles. The molecule has 5 rings (SSSR count). The van der Waals surface area contributed by atoms with E-state index in [4.69, 9.17) is 9.47 Å². The second-order valence-electron chi connectivity index (χ2n) is 12.5. The van der Waals surface area contributed by atoms with Crippen molar-refractivity contribution >= 4 is 11.8 Å². The van der Waals surface area contributed by atoms with E-state index < -0.39 is 17.1 Å². The lowest BCUT2D eigenvalue weighted by Crippen LogP contribution is -2.70. The Morgan fingerprint density at radius 2 is 1.94 bits per heavy atom. The number of carbonyl (C=O) groups is 2. The molecule has 1 aliphatic heterocycles. The number of allylic oxidation sites excluding steroid dienone is 1. The Morgan fingerprint density at radius 1 is 1.20 bits per heavy atom. The number of rotatable bonds is 4. The average Bonchev–Trinajstić information content (AvgIpc) is 3.17. The lowest BCUT2D eigenvalue weighted by atomic mass is 9.42. The quantitative estimate of drug-likeness (QED) is 0.584. The van der Waals surface area contributed by atoms with Gasteiger partial charge < -0.3 is 19.7 Å². The molecule has 2 N–H and O–H groups in total. The Labute approximate surface area is 209 Å². The number of cyclic esters (lactones) is 1. The first-order valence-corrected chi connectivity index (χ1v) is 13.5. The van der Waals surface area contributed by atoms with Crippen LogP contribution in [-0.4, -0.2) is 53.5 Å². The summed E-state index contributed by atoms with van der Waals surface area (Å²) in [5, 5.41) is 21.0. The number of carbonyl (C=O) groups excluding carboxylic acids is 2. The molecule has 0 saturated heterocycles. The maximum atomic E-state index is 13.4. The zero-order chi connectivity index (χ0) is 25.3. The molecule has 3 saturated carbocycles. The van der Waals surface area contributed by atoms with E-state index in [1.165, 1.54) is 0 Å². The number of ether oxygens (including phenoxy) is 2. The van der Waals surface area contributed by atoms with Crippen molar-refractivity contribution in [2.45, 2.75) is 90.4 Å². The average molecular weight is 487 g/mol. The molecule has 4 aliphatic carbocycles. The molecule has 0 aromatic rings. The van der Waals surface area contributed by atoms with Crippen LogP contribution in [-0.2, 0) is 19.1 Å². The van der Waals surface area contributed by atoms with Crippen LogP contribution in [0, 0.1) is 40.4 Å². The first kappa shape index (κ1) is 25.2. The Morgan fingerprint density at radius 3 is 2.60 bits per heavy atom. The monoisotopic (exact) mass is 486 g/mol. The fourth-order valence-electron chi connectivity index (χ4n) is 9.63. The standard InChI is InChI=1S/C29H42O6/c1-16-13-23(35-26(33)19(16)15-30)17(2)20-8-9-21-18-14-25(32)29(34-5)11-6-7-24(31)28(29,4)22(18)10-12-27(20,21)3/h6-7,17-18,20-23,25,30,32H,8-15H2,1-5H3/t17-,18-,20+,21-,22-,23+,25+,27+,28-,29-/m0/s1. The molecule has 6 heteroatoms. The molecule has 5 aliphatic rings. The van der Waals surface area contributed by atoms with Gasteiger partial charge in [-0.3, -0.25) is 4.79 Å². The fourth-order valence-corrected chi connectivity index (χ4v) is 9.63. The summed E-state index contributed by atoms with van der Waals surface area (Å²) in [7, 11) is 1.65. The highest BCUT2D eigenvalue weighted by molar-refractivity contribution is 5.97. The van der Waals surface area contributed by atoms with Gasteiger partial charge in [0.1, 0.15) is 11.7 Å². The van der Waals surface area contributed by atoms with Crippen LogP contribution >= 0.6 is 0 Å². The van der Waals surface area contributed by atoms with Crippen LogP contribution in [0.15, 0.2) is 23.3 Å². The van der Waals surface area contributed by atoms with E-state index in [-0.39, 0.29) is 47.6 Å². The molecule has 1 heterocycles. The van der Waals surface area contributed by atoms with E-state index in [1.807, 2.05) is 13.0 Å². The van der Waals surface area contributed by atoms with Gasteiger partial charge in [0, 0.05) is 13.5 Å². The maximum absolute atomic E-state index is 13.4. The Kier molecular flexibility index (Phi) is 6.13. The SMILES string of the molecule is CO[C@]12CC=CC(=O)[C@]1(C)[C@H]1CC[C@]3(C)[C@@H]([C@H](C)[C@H]4CC(C)=C(CO)C(=O)O4)CC[C@H]3[C@@H]1C[C@H]2O. The predicted molar refractivity (Wildman–Crippen MR) is 131 cm³/mol. The summed E-state index contributed by atoms with van der Waals surface area (Å²) in [6.45, 7) is 8.34. The molecule has 0 radical (unpaired) electrons. The van der Waals surface area contributed by atoms with E-state index >= 15 is 0 Å². The van der Waals surface area contributed by atoms with Crippen LogP contribution in [0.5, 0.6) is 0 Å². The molecule has 0 unspecified atom stereocenters. The van der Waals surface area contributed by atoms with Gasteiger partial charge in [0.15, 0.2) is 5.78 Å². The summed E-state index contributed by atoms with van der Waals surface area (Å²) >= 11 is 0. The third kappa shape index (κ3) is 3.25.